The van der Waals surface area contributed by atoms with E-state index in [1.54, 1.807) is 25.1 Å². The largest absolute Gasteiger partial charge is 0.378 e. The monoisotopic (exact) mass is 252 g/mol. The molecule has 0 saturated carbocycles. The molecule has 2 unspecified atom stereocenters. The highest BCUT2D eigenvalue weighted by atomic mass is 19.1. The van der Waals surface area contributed by atoms with Gasteiger partial charge < -0.3 is 15.4 Å². The van der Waals surface area contributed by atoms with E-state index in [0.29, 0.717) is 25.3 Å². The Balaban J connectivity index is 1.96. The molecule has 0 aliphatic carbocycles. The summed E-state index contributed by atoms with van der Waals surface area (Å²) < 4.78 is 18.8. The van der Waals surface area contributed by atoms with Crippen LogP contribution in [0, 0.1) is 5.82 Å². The third-order valence-corrected chi connectivity index (χ3v) is 2.97. The minimum absolute atomic E-state index is 0.162. The van der Waals surface area contributed by atoms with Crippen molar-refractivity contribution in [1.82, 2.24) is 10.6 Å². The second kappa shape index (κ2) is 5.93. The lowest BCUT2D eigenvalue weighted by Crippen LogP contribution is -2.51. The maximum absolute atomic E-state index is 13.5. The number of rotatable bonds is 3. The van der Waals surface area contributed by atoms with E-state index in [0.717, 1.165) is 0 Å². The minimum atomic E-state index is -0.359. The molecule has 2 atom stereocenters. The number of hydrogen-bond donors (Lipinski definition) is 2. The average molecular weight is 252 g/mol. The first-order valence-corrected chi connectivity index (χ1v) is 6.04. The maximum atomic E-state index is 13.5. The SMILES string of the molecule is CC(NC(=O)C1COCCN1)c1ccccc1F. The number of morpholine rings is 1. The van der Waals surface area contributed by atoms with Crippen molar-refractivity contribution in [2.75, 3.05) is 19.8 Å². The van der Waals surface area contributed by atoms with Gasteiger partial charge in [0.05, 0.1) is 19.3 Å². The van der Waals surface area contributed by atoms with Crippen LogP contribution in [-0.2, 0) is 9.53 Å². The van der Waals surface area contributed by atoms with E-state index in [-0.39, 0.29) is 23.8 Å². The van der Waals surface area contributed by atoms with Crippen molar-refractivity contribution in [1.29, 1.82) is 0 Å². The number of carbonyl (C=O) groups is 1. The summed E-state index contributed by atoms with van der Waals surface area (Å²) in [6, 6.07) is 5.73. The molecule has 2 rings (SSSR count). The summed E-state index contributed by atoms with van der Waals surface area (Å²) in [5.41, 5.74) is 0.488. The number of benzene rings is 1. The van der Waals surface area contributed by atoms with E-state index < -0.39 is 0 Å². The summed E-state index contributed by atoms with van der Waals surface area (Å²) >= 11 is 0. The van der Waals surface area contributed by atoms with Gasteiger partial charge >= 0.3 is 0 Å². The first-order chi connectivity index (χ1) is 8.68. The number of nitrogens with one attached hydrogen (secondary N) is 2. The van der Waals surface area contributed by atoms with Crippen molar-refractivity contribution < 1.29 is 13.9 Å². The van der Waals surface area contributed by atoms with Crippen LogP contribution in [0.3, 0.4) is 0 Å². The Labute approximate surface area is 106 Å². The number of ether oxygens (including phenoxy) is 1. The van der Waals surface area contributed by atoms with Gasteiger partial charge in [0.1, 0.15) is 11.9 Å². The highest BCUT2D eigenvalue weighted by Crippen LogP contribution is 2.16. The van der Waals surface area contributed by atoms with E-state index in [9.17, 15) is 9.18 Å². The second-order valence-corrected chi connectivity index (χ2v) is 4.33. The van der Waals surface area contributed by atoms with Crippen LogP contribution in [-0.4, -0.2) is 31.7 Å². The Morgan fingerprint density at radius 3 is 3.00 bits per heavy atom. The van der Waals surface area contributed by atoms with Crippen molar-refractivity contribution in [3.8, 4) is 0 Å². The van der Waals surface area contributed by atoms with Crippen LogP contribution >= 0.6 is 0 Å². The predicted octanol–water partition coefficient (Wildman–Crippen LogP) is 0.991. The molecular formula is C13H17FN2O2. The van der Waals surface area contributed by atoms with Gasteiger partial charge in [-0.1, -0.05) is 18.2 Å². The lowest BCUT2D eigenvalue weighted by Gasteiger charge is -2.25. The van der Waals surface area contributed by atoms with Crippen molar-refractivity contribution in [3.63, 3.8) is 0 Å². The quantitative estimate of drug-likeness (QED) is 0.843. The topological polar surface area (TPSA) is 50.4 Å². The van der Waals surface area contributed by atoms with Gasteiger partial charge in [0, 0.05) is 12.1 Å². The Hall–Kier alpha value is -1.46. The van der Waals surface area contributed by atoms with Crippen molar-refractivity contribution in [3.05, 3.63) is 35.6 Å². The molecule has 98 valence electrons. The molecule has 1 aliphatic rings. The summed E-state index contributed by atoms with van der Waals surface area (Å²) in [6.45, 7) is 3.40. The van der Waals surface area contributed by atoms with Gasteiger partial charge in [-0.05, 0) is 13.0 Å². The summed E-state index contributed by atoms with van der Waals surface area (Å²) in [4.78, 5) is 11.9. The predicted molar refractivity (Wildman–Crippen MR) is 65.6 cm³/mol. The molecule has 0 bridgehead atoms. The van der Waals surface area contributed by atoms with Gasteiger partial charge in [0.15, 0.2) is 0 Å². The molecule has 0 aromatic heterocycles. The van der Waals surface area contributed by atoms with Crippen LogP contribution in [0.15, 0.2) is 24.3 Å². The molecule has 18 heavy (non-hydrogen) atoms. The van der Waals surface area contributed by atoms with Gasteiger partial charge in [-0.2, -0.15) is 0 Å². The average Bonchev–Trinajstić information content (AvgIpc) is 2.40. The van der Waals surface area contributed by atoms with E-state index >= 15 is 0 Å². The summed E-state index contributed by atoms with van der Waals surface area (Å²) in [5, 5.41) is 5.84. The van der Waals surface area contributed by atoms with Crippen molar-refractivity contribution >= 4 is 5.91 Å². The number of halogens is 1. The first-order valence-electron chi connectivity index (χ1n) is 6.04. The Morgan fingerprint density at radius 1 is 1.56 bits per heavy atom. The zero-order chi connectivity index (χ0) is 13.0. The first kappa shape index (κ1) is 13.0. The highest BCUT2D eigenvalue weighted by Gasteiger charge is 2.23. The smallest absolute Gasteiger partial charge is 0.240 e. The molecule has 1 heterocycles. The fourth-order valence-corrected chi connectivity index (χ4v) is 1.95. The van der Waals surface area contributed by atoms with E-state index in [1.807, 2.05) is 0 Å². The van der Waals surface area contributed by atoms with Crippen LogP contribution in [0.1, 0.15) is 18.5 Å². The summed E-state index contributed by atoms with van der Waals surface area (Å²) in [7, 11) is 0. The molecule has 1 aromatic rings. The van der Waals surface area contributed by atoms with Crippen LogP contribution < -0.4 is 10.6 Å². The Bertz CT molecular complexity index is 419. The normalized spacial score (nSPS) is 21.3. The maximum Gasteiger partial charge on any atom is 0.240 e. The standard InChI is InChI=1S/C13H17FN2O2/c1-9(10-4-2-3-5-11(10)14)16-13(17)12-8-18-7-6-15-12/h2-5,9,12,15H,6-8H2,1H3,(H,16,17). The molecule has 2 N–H and O–H groups in total. The summed E-state index contributed by atoms with van der Waals surface area (Å²) in [6.07, 6.45) is 0. The summed E-state index contributed by atoms with van der Waals surface area (Å²) in [5.74, 6) is -0.469. The molecule has 1 fully saturated rings. The van der Waals surface area contributed by atoms with Gasteiger partial charge in [0.2, 0.25) is 5.91 Å². The van der Waals surface area contributed by atoms with Crippen LogP contribution in [0.25, 0.3) is 0 Å². The zero-order valence-corrected chi connectivity index (χ0v) is 10.3. The Kier molecular flexibility index (Phi) is 4.28. The lowest BCUT2D eigenvalue weighted by molar-refractivity contribution is -0.126. The third kappa shape index (κ3) is 3.05. The number of amides is 1. The van der Waals surface area contributed by atoms with Gasteiger partial charge in [-0.3, -0.25) is 4.79 Å². The van der Waals surface area contributed by atoms with Crippen LogP contribution in [0.5, 0.6) is 0 Å². The second-order valence-electron chi connectivity index (χ2n) is 4.33. The molecule has 1 aromatic carbocycles. The lowest BCUT2D eigenvalue weighted by atomic mass is 10.1. The van der Waals surface area contributed by atoms with E-state index in [1.165, 1.54) is 6.07 Å². The highest BCUT2D eigenvalue weighted by molar-refractivity contribution is 5.82. The van der Waals surface area contributed by atoms with Crippen molar-refractivity contribution in [2.24, 2.45) is 0 Å². The molecular weight excluding hydrogens is 235 g/mol. The van der Waals surface area contributed by atoms with Crippen molar-refractivity contribution in [2.45, 2.75) is 19.0 Å². The molecule has 1 aliphatic heterocycles. The molecule has 4 nitrogen and oxygen atoms in total. The van der Waals surface area contributed by atoms with E-state index in [4.69, 9.17) is 4.74 Å². The molecule has 5 heteroatoms. The fourth-order valence-electron chi connectivity index (χ4n) is 1.95. The Morgan fingerprint density at radius 2 is 2.33 bits per heavy atom. The fraction of sp³-hybridized carbons (Fsp3) is 0.462. The molecule has 1 amide bonds. The van der Waals surface area contributed by atoms with Gasteiger partial charge in [0.25, 0.3) is 0 Å². The van der Waals surface area contributed by atoms with Gasteiger partial charge in [-0.15, -0.1) is 0 Å². The zero-order valence-electron chi connectivity index (χ0n) is 10.3. The molecule has 0 spiro atoms. The molecule has 0 radical (unpaired) electrons. The number of hydrogen-bond acceptors (Lipinski definition) is 3. The number of carbonyl (C=O) groups excluding carboxylic acids is 1. The third-order valence-electron chi connectivity index (χ3n) is 2.97. The van der Waals surface area contributed by atoms with Crippen LogP contribution in [0.2, 0.25) is 0 Å². The van der Waals surface area contributed by atoms with E-state index in [2.05, 4.69) is 10.6 Å². The van der Waals surface area contributed by atoms with Crippen LogP contribution in [0.4, 0.5) is 4.39 Å². The molecule has 1 saturated heterocycles. The minimum Gasteiger partial charge on any atom is -0.378 e. The van der Waals surface area contributed by atoms with Gasteiger partial charge in [-0.25, -0.2) is 4.39 Å².